The van der Waals surface area contributed by atoms with Crippen molar-refractivity contribution in [1.29, 1.82) is 0 Å². The van der Waals surface area contributed by atoms with E-state index in [9.17, 15) is 4.79 Å². The minimum atomic E-state index is 0.0915. The number of hydrogen-bond acceptors (Lipinski definition) is 2. The van der Waals surface area contributed by atoms with Gasteiger partial charge >= 0.3 is 0 Å². The van der Waals surface area contributed by atoms with Crippen LogP contribution < -0.4 is 5.73 Å². The van der Waals surface area contributed by atoms with E-state index in [1.165, 1.54) is 6.08 Å². The fraction of sp³-hybridized carbons (Fsp3) is 0.250. The lowest BCUT2D eigenvalue weighted by atomic mass is 10.1. The number of benzene rings is 1. The van der Waals surface area contributed by atoms with Crippen LogP contribution >= 0.6 is 0 Å². The predicted octanol–water partition coefficient (Wildman–Crippen LogP) is 2.36. The molecule has 2 heteroatoms. The van der Waals surface area contributed by atoms with E-state index in [4.69, 9.17) is 5.73 Å². The molecule has 0 aliphatic heterocycles. The van der Waals surface area contributed by atoms with Gasteiger partial charge in [0.1, 0.15) is 0 Å². The normalized spacial score (nSPS) is 11.4. The molecule has 14 heavy (non-hydrogen) atoms. The minimum Gasteiger partial charge on any atom is -0.398 e. The summed E-state index contributed by atoms with van der Waals surface area (Å²) in [4.78, 5) is 11.3. The topological polar surface area (TPSA) is 43.1 Å². The van der Waals surface area contributed by atoms with Crippen LogP contribution in [-0.2, 0) is 4.79 Å². The summed E-state index contributed by atoms with van der Waals surface area (Å²) in [6.07, 6.45) is 2.93. The van der Waals surface area contributed by atoms with Gasteiger partial charge in [0.25, 0.3) is 0 Å². The fourth-order valence-corrected chi connectivity index (χ4v) is 1.21. The molecule has 0 aromatic heterocycles. The van der Waals surface area contributed by atoms with E-state index in [0.29, 0.717) is 12.1 Å². The van der Waals surface area contributed by atoms with Crippen LogP contribution in [0.5, 0.6) is 0 Å². The molecule has 0 radical (unpaired) electrons. The van der Waals surface area contributed by atoms with Crippen molar-refractivity contribution in [3.63, 3.8) is 0 Å². The van der Waals surface area contributed by atoms with Gasteiger partial charge in [-0.05, 0) is 12.0 Å². The molecule has 0 saturated heterocycles. The molecule has 0 aliphatic carbocycles. The van der Waals surface area contributed by atoms with Crippen molar-refractivity contribution >= 4 is 11.5 Å². The van der Waals surface area contributed by atoms with Crippen LogP contribution in [0.25, 0.3) is 5.70 Å². The average Bonchev–Trinajstić information content (AvgIpc) is 2.19. The van der Waals surface area contributed by atoms with E-state index in [1.807, 2.05) is 37.3 Å². The predicted molar refractivity (Wildman–Crippen MR) is 58.5 cm³/mol. The molecule has 74 valence electrons. The standard InChI is InChI=1S/C12H15NO/c1-2-6-11(14)9-12(13)10-7-4-3-5-8-10/h3-5,7-9H,2,6,13H2,1H3. The lowest BCUT2D eigenvalue weighted by Gasteiger charge is -2.00. The monoisotopic (exact) mass is 189 g/mol. The summed E-state index contributed by atoms with van der Waals surface area (Å²) in [6.45, 7) is 1.98. The largest absolute Gasteiger partial charge is 0.398 e. The summed E-state index contributed by atoms with van der Waals surface area (Å²) in [5.41, 5.74) is 7.21. The molecule has 0 unspecified atom stereocenters. The second-order valence-corrected chi connectivity index (χ2v) is 3.18. The van der Waals surface area contributed by atoms with Crippen molar-refractivity contribution in [2.75, 3.05) is 0 Å². The van der Waals surface area contributed by atoms with Crippen molar-refractivity contribution in [1.82, 2.24) is 0 Å². The van der Waals surface area contributed by atoms with E-state index in [2.05, 4.69) is 0 Å². The number of nitrogens with two attached hydrogens (primary N) is 1. The van der Waals surface area contributed by atoms with Crippen LogP contribution in [0.2, 0.25) is 0 Å². The lowest BCUT2D eigenvalue weighted by Crippen LogP contribution is -2.01. The Balaban J connectivity index is 2.75. The zero-order chi connectivity index (χ0) is 10.4. The highest BCUT2D eigenvalue weighted by molar-refractivity contribution is 5.96. The second-order valence-electron chi connectivity index (χ2n) is 3.18. The molecule has 0 atom stereocenters. The Labute approximate surface area is 84.4 Å². The van der Waals surface area contributed by atoms with Gasteiger partial charge in [0.2, 0.25) is 0 Å². The van der Waals surface area contributed by atoms with E-state index >= 15 is 0 Å². The molecular formula is C12H15NO. The smallest absolute Gasteiger partial charge is 0.157 e. The van der Waals surface area contributed by atoms with Gasteiger partial charge in [-0.15, -0.1) is 0 Å². The van der Waals surface area contributed by atoms with Crippen molar-refractivity contribution < 1.29 is 4.79 Å². The molecule has 2 N–H and O–H groups in total. The molecule has 1 rings (SSSR count). The molecule has 0 heterocycles. The van der Waals surface area contributed by atoms with Gasteiger partial charge < -0.3 is 5.73 Å². The first kappa shape index (κ1) is 10.5. The highest BCUT2D eigenvalue weighted by atomic mass is 16.1. The van der Waals surface area contributed by atoms with Crippen LogP contribution in [-0.4, -0.2) is 5.78 Å². The number of hydrogen-bond donors (Lipinski definition) is 1. The van der Waals surface area contributed by atoms with E-state index in [-0.39, 0.29) is 5.78 Å². The third-order valence-electron chi connectivity index (χ3n) is 1.92. The van der Waals surface area contributed by atoms with Crippen LogP contribution in [0, 0.1) is 0 Å². The first-order valence-corrected chi connectivity index (χ1v) is 4.79. The van der Waals surface area contributed by atoms with Gasteiger partial charge in [-0.3, -0.25) is 4.79 Å². The van der Waals surface area contributed by atoms with Crippen LogP contribution in [0.3, 0.4) is 0 Å². The van der Waals surface area contributed by atoms with Crippen molar-refractivity contribution in [3.8, 4) is 0 Å². The Hall–Kier alpha value is -1.57. The lowest BCUT2D eigenvalue weighted by molar-refractivity contribution is -0.114. The average molecular weight is 189 g/mol. The summed E-state index contributed by atoms with van der Waals surface area (Å²) in [5, 5.41) is 0. The summed E-state index contributed by atoms with van der Waals surface area (Å²) < 4.78 is 0. The Kier molecular flexibility index (Phi) is 3.92. The van der Waals surface area contributed by atoms with Gasteiger partial charge in [-0.2, -0.15) is 0 Å². The van der Waals surface area contributed by atoms with Gasteiger partial charge in [-0.1, -0.05) is 37.3 Å². The summed E-state index contributed by atoms with van der Waals surface area (Å²) in [7, 11) is 0. The minimum absolute atomic E-state index is 0.0915. The third kappa shape index (κ3) is 3.05. The van der Waals surface area contributed by atoms with E-state index in [1.54, 1.807) is 0 Å². The van der Waals surface area contributed by atoms with Crippen LogP contribution in [0.1, 0.15) is 25.3 Å². The number of rotatable bonds is 4. The van der Waals surface area contributed by atoms with Gasteiger partial charge in [0.15, 0.2) is 5.78 Å². The molecule has 2 nitrogen and oxygen atoms in total. The SMILES string of the molecule is CCCC(=O)C=C(N)c1ccccc1. The van der Waals surface area contributed by atoms with Crippen LogP contribution in [0.15, 0.2) is 36.4 Å². The number of carbonyl (C=O) groups excluding carboxylic acids is 1. The Bertz CT molecular complexity index is 327. The second kappa shape index (κ2) is 5.22. The van der Waals surface area contributed by atoms with Crippen molar-refractivity contribution in [3.05, 3.63) is 42.0 Å². The molecule has 0 fully saturated rings. The van der Waals surface area contributed by atoms with E-state index in [0.717, 1.165) is 12.0 Å². The Morgan fingerprint density at radius 2 is 2.00 bits per heavy atom. The molecule has 1 aromatic carbocycles. The summed E-state index contributed by atoms with van der Waals surface area (Å²) in [6, 6.07) is 9.52. The molecule has 0 aliphatic rings. The maximum Gasteiger partial charge on any atom is 0.157 e. The van der Waals surface area contributed by atoms with Gasteiger partial charge in [0.05, 0.1) is 0 Å². The first-order chi connectivity index (χ1) is 6.74. The Morgan fingerprint density at radius 1 is 1.36 bits per heavy atom. The van der Waals surface area contributed by atoms with E-state index < -0.39 is 0 Å². The van der Waals surface area contributed by atoms with Gasteiger partial charge in [-0.25, -0.2) is 0 Å². The molecular weight excluding hydrogens is 174 g/mol. The summed E-state index contributed by atoms with van der Waals surface area (Å²) in [5.74, 6) is 0.0915. The van der Waals surface area contributed by atoms with Crippen molar-refractivity contribution in [2.24, 2.45) is 5.73 Å². The quantitative estimate of drug-likeness (QED) is 0.739. The first-order valence-electron chi connectivity index (χ1n) is 4.79. The van der Waals surface area contributed by atoms with Crippen molar-refractivity contribution in [2.45, 2.75) is 19.8 Å². The van der Waals surface area contributed by atoms with Gasteiger partial charge in [0, 0.05) is 18.2 Å². The number of ketones is 1. The number of allylic oxidation sites excluding steroid dienone is 1. The highest BCUT2D eigenvalue weighted by Gasteiger charge is 1.99. The molecule has 0 bridgehead atoms. The number of carbonyl (C=O) groups is 1. The maximum absolute atomic E-state index is 11.3. The molecule has 0 spiro atoms. The highest BCUT2D eigenvalue weighted by Crippen LogP contribution is 2.08. The molecule has 1 aromatic rings. The molecule has 0 saturated carbocycles. The molecule has 0 amide bonds. The summed E-state index contributed by atoms with van der Waals surface area (Å²) >= 11 is 0. The fourth-order valence-electron chi connectivity index (χ4n) is 1.21. The maximum atomic E-state index is 11.3. The third-order valence-corrected chi connectivity index (χ3v) is 1.92. The zero-order valence-electron chi connectivity index (χ0n) is 8.36. The zero-order valence-corrected chi connectivity index (χ0v) is 8.36. The van der Waals surface area contributed by atoms with Crippen LogP contribution in [0.4, 0.5) is 0 Å². The Morgan fingerprint density at radius 3 is 2.57 bits per heavy atom.